The highest BCUT2D eigenvalue weighted by molar-refractivity contribution is 7.89. The standard InChI is InChI=1S/C26H32N2O4S/c1-20-8-4-5-9-24(20)26(14-6-3-7-15-26)25(30)27-16-18-28(19-17-27)33(31,32)23-12-10-22(11-13-23)21(2)29/h4-5,8-13H,3,6-7,14-19H2,1-2H3. The zero-order valence-electron chi connectivity index (χ0n) is 19.4. The molecule has 6 nitrogen and oxygen atoms in total. The number of aryl methyl sites for hydroxylation is 1. The molecule has 2 aromatic carbocycles. The minimum atomic E-state index is -3.67. The second-order valence-corrected chi connectivity index (χ2v) is 11.2. The van der Waals surface area contributed by atoms with Crippen LogP contribution >= 0.6 is 0 Å². The predicted molar refractivity (Wildman–Crippen MR) is 128 cm³/mol. The number of amides is 1. The second-order valence-electron chi connectivity index (χ2n) is 9.23. The molecule has 0 radical (unpaired) electrons. The molecule has 0 aromatic heterocycles. The Hall–Kier alpha value is -2.51. The van der Waals surface area contributed by atoms with Gasteiger partial charge < -0.3 is 4.90 Å². The summed E-state index contributed by atoms with van der Waals surface area (Å²) in [7, 11) is -3.67. The van der Waals surface area contributed by atoms with Crippen molar-refractivity contribution in [2.24, 2.45) is 0 Å². The van der Waals surface area contributed by atoms with E-state index in [1.165, 1.54) is 23.4 Å². The van der Waals surface area contributed by atoms with Gasteiger partial charge in [-0.25, -0.2) is 8.42 Å². The zero-order valence-corrected chi connectivity index (χ0v) is 20.2. The van der Waals surface area contributed by atoms with Gasteiger partial charge in [0.05, 0.1) is 10.3 Å². The Bertz CT molecular complexity index is 1130. The van der Waals surface area contributed by atoms with E-state index in [0.717, 1.165) is 43.2 Å². The molecule has 1 amide bonds. The average molecular weight is 469 g/mol. The number of carbonyl (C=O) groups is 2. The Labute approximate surface area is 196 Å². The van der Waals surface area contributed by atoms with E-state index in [1.54, 1.807) is 12.1 Å². The largest absolute Gasteiger partial charge is 0.339 e. The number of carbonyl (C=O) groups excluding carboxylic acids is 2. The predicted octanol–water partition coefficient (Wildman–Crippen LogP) is 3.93. The van der Waals surface area contributed by atoms with Crippen LogP contribution in [0.1, 0.15) is 60.5 Å². The highest BCUT2D eigenvalue weighted by atomic mass is 32.2. The van der Waals surface area contributed by atoms with Crippen molar-refractivity contribution in [3.63, 3.8) is 0 Å². The molecule has 33 heavy (non-hydrogen) atoms. The van der Waals surface area contributed by atoms with Crippen LogP contribution in [0.4, 0.5) is 0 Å². The fourth-order valence-corrected chi connectivity index (χ4v) is 6.73. The van der Waals surface area contributed by atoms with Gasteiger partial charge in [-0.3, -0.25) is 9.59 Å². The summed E-state index contributed by atoms with van der Waals surface area (Å²) in [6.07, 6.45) is 4.90. The fourth-order valence-electron chi connectivity index (χ4n) is 5.31. The van der Waals surface area contributed by atoms with E-state index in [2.05, 4.69) is 19.1 Å². The van der Waals surface area contributed by atoms with Crippen LogP contribution in [0.2, 0.25) is 0 Å². The lowest BCUT2D eigenvalue weighted by Crippen LogP contribution is -2.56. The normalized spacial score (nSPS) is 19.3. The maximum absolute atomic E-state index is 13.9. The van der Waals surface area contributed by atoms with Crippen molar-refractivity contribution in [1.82, 2.24) is 9.21 Å². The Morgan fingerprint density at radius 2 is 1.45 bits per heavy atom. The lowest BCUT2D eigenvalue weighted by atomic mass is 9.67. The van der Waals surface area contributed by atoms with Crippen LogP contribution in [-0.2, 0) is 20.2 Å². The smallest absolute Gasteiger partial charge is 0.243 e. The van der Waals surface area contributed by atoms with Gasteiger partial charge in [-0.05, 0) is 49.9 Å². The van der Waals surface area contributed by atoms with Crippen molar-refractivity contribution in [1.29, 1.82) is 0 Å². The number of hydrogen-bond donors (Lipinski definition) is 0. The first-order valence-corrected chi connectivity index (χ1v) is 13.2. The highest BCUT2D eigenvalue weighted by Crippen LogP contribution is 2.42. The molecule has 1 aliphatic carbocycles. The van der Waals surface area contributed by atoms with Gasteiger partial charge in [0.25, 0.3) is 0 Å². The Morgan fingerprint density at radius 3 is 2.03 bits per heavy atom. The zero-order chi connectivity index (χ0) is 23.6. The van der Waals surface area contributed by atoms with Crippen LogP contribution in [0.5, 0.6) is 0 Å². The highest BCUT2D eigenvalue weighted by Gasteiger charge is 2.45. The molecule has 176 valence electrons. The molecule has 2 aromatic rings. The van der Waals surface area contributed by atoms with Crippen LogP contribution in [0.15, 0.2) is 53.4 Å². The number of Topliss-reactive ketones (excluding diaryl/α,β-unsaturated/α-hetero) is 1. The molecular formula is C26H32N2O4S. The van der Waals surface area contributed by atoms with Crippen LogP contribution in [0, 0.1) is 6.92 Å². The number of nitrogens with zero attached hydrogens (tertiary/aromatic N) is 2. The first-order valence-electron chi connectivity index (χ1n) is 11.7. The van der Waals surface area contributed by atoms with Crippen molar-refractivity contribution in [2.45, 2.75) is 56.3 Å². The van der Waals surface area contributed by atoms with Gasteiger partial charge in [-0.2, -0.15) is 4.31 Å². The molecule has 0 bridgehead atoms. The van der Waals surface area contributed by atoms with Crippen molar-refractivity contribution < 1.29 is 18.0 Å². The number of ketones is 1. The average Bonchev–Trinajstić information content (AvgIpc) is 2.84. The lowest BCUT2D eigenvalue weighted by Gasteiger charge is -2.43. The van der Waals surface area contributed by atoms with Crippen molar-refractivity contribution in [3.8, 4) is 0 Å². The fraction of sp³-hybridized carbons (Fsp3) is 0.462. The van der Waals surface area contributed by atoms with Crippen LogP contribution in [-0.4, -0.2) is 55.5 Å². The van der Waals surface area contributed by atoms with Gasteiger partial charge in [-0.1, -0.05) is 55.7 Å². The third-order valence-corrected chi connectivity index (χ3v) is 9.11. The third kappa shape index (κ3) is 4.49. The summed E-state index contributed by atoms with van der Waals surface area (Å²) >= 11 is 0. The topological polar surface area (TPSA) is 74.8 Å². The minimum Gasteiger partial charge on any atom is -0.339 e. The number of sulfonamides is 1. The molecule has 2 fully saturated rings. The summed E-state index contributed by atoms with van der Waals surface area (Å²) in [6.45, 7) is 4.84. The molecule has 7 heteroatoms. The number of piperazine rings is 1. The van der Waals surface area contributed by atoms with Crippen LogP contribution in [0.3, 0.4) is 0 Å². The molecule has 1 saturated heterocycles. The molecule has 2 aliphatic rings. The van der Waals surface area contributed by atoms with Crippen molar-refractivity contribution in [2.75, 3.05) is 26.2 Å². The first kappa shape index (κ1) is 23.6. The Balaban J connectivity index is 1.51. The van der Waals surface area contributed by atoms with E-state index >= 15 is 0 Å². The Kier molecular flexibility index (Phi) is 6.73. The first-order chi connectivity index (χ1) is 15.8. The van der Waals surface area contributed by atoms with Gasteiger partial charge in [0.1, 0.15) is 0 Å². The van der Waals surface area contributed by atoms with Gasteiger partial charge in [-0.15, -0.1) is 0 Å². The Morgan fingerprint density at radius 1 is 0.848 bits per heavy atom. The number of rotatable bonds is 5. The van der Waals surface area contributed by atoms with Crippen molar-refractivity contribution >= 4 is 21.7 Å². The number of hydrogen-bond acceptors (Lipinski definition) is 4. The van der Waals surface area contributed by atoms with Gasteiger partial charge >= 0.3 is 0 Å². The van der Waals surface area contributed by atoms with Crippen LogP contribution in [0.25, 0.3) is 0 Å². The maximum Gasteiger partial charge on any atom is 0.243 e. The maximum atomic E-state index is 13.9. The molecule has 1 heterocycles. The van der Waals surface area contributed by atoms with E-state index in [-0.39, 0.29) is 29.7 Å². The second kappa shape index (κ2) is 9.39. The molecular weight excluding hydrogens is 436 g/mol. The molecule has 0 N–H and O–H groups in total. The SMILES string of the molecule is CC(=O)c1ccc(S(=O)(=O)N2CCN(C(=O)C3(c4ccccc4C)CCCCC3)CC2)cc1. The molecule has 0 atom stereocenters. The quantitative estimate of drug-likeness (QED) is 0.623. The summed E-state index contributed by atoms with van der Waals surface area (Å²) in [5.74, 6) is 0.0377. The summed E-state index contributed by atoms with van der Waals surface area (Å²) in [4.78, 5) is 27.4. The van der Waals surface area contributed by atoms with E-state index in [4.69, 9.17) is 0 Å². The summed E-state index contributed by atoms with van der Waals surface area (Å²) in [6, 6.07) is 14.2. The number of benzene rings is 2. The lowest BCUT2D eigenvalue weighted by molar-refractivity contribution is -0.140. The molecule has 4 rings (SSSR count). The van der Waals surface area contributed by atoms with E-state index in [9.17, 15) is 18.0 Å². The minimum absolute atomic E-state index is 0.101. The van der Waals surface area contributed by atoms with E-state index < -0.39 is 15.4 Å². The van der Waals surface area contributed by atoms with Gasteiger partial charge in [0.15, 0.2) is 5.78 Å². The van der Waals surface area contributed by atoms with E-state index in [0.29, 0.717) is 18.7 Å². The summed E-state index contributed by atoms with van der Waals surface area (Å²) in [5, 5.41) is 0. The van der Waals surface area contributed by atoms with Gasteiger partial charge in [0, 0.05) is 31.7 Å². The van der Waals surface area contributed by atoms with Crippen LogP contribution < -0.4 is 0 Å². The molecule has 1 aliphatic heterocycles. The third-order valence-electron chi connectivity index (χ3n) is 7.20. The van der Waals surface area contributed by atoms with Gasteiger partial charge in [0.2, 0.25) is 15.9 Å². The monoisotopic (exact) mass is 468 g/mol. The molecule has 0 unspecified atom stereocenters. The van der Waals surface area contributed by atoms with E-state index in [1.807, 2.05) is 17.0 Å². The summed E-state index contributed by atoms with van der Waals surface area (Å²) in [5.41, 5.74) is 2.24. The van der Waals surface area contributed by atoms with Crippen molar-refractivity contribution in [3.05, 3.63) is 65.2 Å². The molecule has 0 spiro atoms. The summed E-state index contributed by atoms with van der Waals surface area (Å²) < 4.78 is 27.7. The molecule has 1 saturated carbocycles.